The first-order valence-corrected chi connectivity index (χ1v) is 6.04. The highest BCUT2D eigenvalue weighted by atomic mass is 35.5. The van der Waals surface area contributed by atoms with E-state index in [2.05, 4.69) is 0 Å². The second-order valence-electron chi connectivity index (χ2n) is 4.27. The summed E-state index contributed by atoms with van der Waals surface area (Å²) in [6.45, 7) is 0. The molecule has 0 aliphatic carbocycles. The second kappa shape index (κ2) is 5.42. The molecule has 0 spiro atoms. The average Bonchev–Trinajstić information content (AvgIpc) is 2.37. The zero-order valence-corrected chi connectivity index (χ0v) is 10.8. The molecule has 0 aliphatic heterocycles. The molecule has 0 fully saturated rings. The van der Waals surface area contributed by atoms with Crippen LogP contribution in [-0.4, -0.2) is 0 Å². The Labute approximate surface area is 118 Å². The normalized spacial score (nSPS) is 13.3. The summed E-state index contributed by atoms with van der Waals surface area (Å²) >= 11 is 5.81. The van der Waals surface area contributed by atoms with E-state index in [0.717, 1.165) is 12.1 Å². The number of hydrogen-bond donors (Lipinski definition) is 1. The van der Waals surface area contributed by atoms with Gasteiger partial charge in [0.05, 0.1) is 11.6 Å². The van der Waals surface area contributed by atoms with E-state index in [1.165, 1.54) is 6.07 Å². The third kappa shape index (κ3) is 3.11. The molecule has 0 aromatic heterocycles. The molecule has 0 saturated carbocycles. The molecule has 0 radical (unpaired) electrons. The fourth-order valence-corrected chi connectivity index (χ4v) is 2.04. The summed E-state index contributed by atoms with van der Waals surface area (Å²) < 4.78 is 51.2. The molecule has 0 amide bonds. The predicted octanol–water partition coefficient (Wildman–Crippen LogP) is 4.55. The molecule has 2 rings (SSSR count). The first-order valence-electron chi connectivity index (χ1n) is 5.66. The number of rotatable bonds is 2. The van der Waals surface area contributed by atoms with Crippen molar-refractivity contribution >= 4 is 11.6 Å². The molecule has 6 heteroatoms. The van der Waals surface area contributed by atoms with Crippen LogP contribution in [0.2, 0.25) is 5.02 Å². The first kappa shape index (κ1) is 14.8. The lowest BCUT2D eigenvalue weighted by Crippen LogP contribution is -2.15. The van der Waals surface area contributed by atoms with Gasteiger partial charge in [-0.15, -0.1) is 0 Å². The van der Waals surface area contributed by atoms with Crippen LogP contribution in [0, 0.1) is 5.82 Å². The maximum Gasteiger partial charge on any atom is 0.419 e. The zero-order valence-electron chi connectivity index (χ0n) is 10.1. The van der Waals surface area contributed by atoms with E-state index in [1.54, 1.807) is 24.3 Å². The summed E-state index contributed by atoms with van der Waals surface area (Å²) in [5, 5.41) is 0.427. The molecule has 0 heterocycles. The number of benzene rings is 2. The van der Waals surface area contributed by atoms with Gasteiger partial charge >= 0.3 is 6.18 Å². The molecule has 0 aliphatic rings. The minimum Gasteiger partial charge on any atom is -0.320 e. The minimum atomic E-state index is -4.76. The maximum absolute atomic E-state index is 13.2. The van der Waals surface area contributed by atoms with Crippen LogP contribution < -0.4 is 5.73 Å². The Morgan fingerprint density at radius 3 is 2.25 bits per heavy atom. The van der Waals surface area contributed by atoms with E-state index in [9.17, 15) is 17.6 Å². The van der Waals surface area contributed by atoms with Crippen molar-refractivity contribution in [3.63, 3.8) is 0 Å². The lowest BCUT2D eigenvalue weighted by atomic mass is 9.97. The Bertz CT molecular complexity index is 625. The standard InChI is InChI=1S/C14H10ClF4N/c15-10-3-1-2-8(6-10)13(20)9-4-5-12(16)11(7-9)14(17,18)19/h1-7,13H,20H2. The third-order valence-electron chi connectivity index (χ3n) is 2.86. The van der Waals surface area contributed by atoms with Crippen molar-refractivity contribution in [1.29, 1.82) is 0 Å². The Hall–Kier alpha value is -1.59. The molecule has 0 saturated heterocycles. The van der Waals surface area contributed by atoms with Gasteiger partial charge in [-0.1, -0.05) is 29.8 Å². The van der Waals surface area contributed by atoms with Crippen LogP contribution in [0.1, 0.15) is 22.7 Å². The highest BCUT2D eigenvalue weighted by Crippen LogP contribution is 2.33. The van der Waals surface area contributed by atoms with Gasteiger partial charge in [0.25, 0.3) is 0 Å². The topological polar surface area (TPSA) is 26.0 Å². The zero-order chi connectivity index (χ0) is 14.9. The Balaban J connectivity index is 2.43. The lowest BCUT2D eigenvalue weighted by Gasteiger charge is -2.15. The van der Waals surface area contributed by atoms with E-state index in [0.29, 0.717) is 10.6 Å². The number of hydrogen-bond acceptors (Lipinski definition) is 1. The van der Waals surface area contributed by atoms with Crippen LogP contribution in [0.15, 0.2) is 42.5 Å². The van der Waals surface area contributed by atoms with E-state index in [-0.39, 0.29) is 5.56 Å². The van der Waals surface area contributed by atoms with Gasteiger partial charge in [-0.25, -0.2) is 4.39 Å². The van der Waals surface area contributed by atoms with Crippen molar-refractivity contribution < 1.29 is 17.6 Å². The number of nitrogens with two attached hydrogens (primary N) is 1. The molecular weight excluding hydrogens is 294 g/mol. The molecule has 1 atom stereocenters. The largest absolute Gasteiger partial charge is 0.419 e. The number of alkyl halides is 3. The fraction of sp³-hybridized carbons (Fsp3) is 0.143. The summed E-state index contributed by atoms with van der Waals surface area (Å²) in [6, 6.07) is 8.39. The van der Waals surface area contributed by atoms with Gasteiger partial charge in [0.15, 0.2) is 0 Å². The highest BCUT2D eigenvalue weighted by Gasteiger charge is 2.34. The van der Waals surface area contributed by atoms with E-state index < -0.39 is 23.6 Å². The van der Waals surface area contributed by atoms with Crippen LogP contribution in [-0.2, 0) is 6.18 Å². The molecular formula is C14H10ClF4N. The van der Waals surface area contributed by atoms with Gasteiger partial charge < -0.3 is 5.73 Å². The van der Waals surface area contributed by atoms with Crippen molar-refractivity contribution in [3.8, 4) is 0 Å². The van der Waals surface area contributed by atoms with Crippen molar-refractivity contribution in [2.24, 2.45) is 5.73 Å². The summed E-state index contributed by atoms with van der Waals surface area (Å²) in [5.41, 5.74) is 5.29. The van der Waals surface area contributed by atoms with Gasteiger partial charge in [-0.2, -0.15) is 13.2 Å². The molecule has 0 bridgehead atoms. The Morgan fingerprint density at radius 1 is 1.00 bits per heavy atom. The SMILES string of the molecule is NC(c1cccc(Cl)c1)c1ccc(F)c(C(F)(F)F)c1. The van der Waals surface area contributed by atoms with Crippen LogP contribution >= 0.6 is 11.6 Å². The first-order chi connectivity index (χ1) is 9.29. The highest BCUT2D eigenvalue weighted by molar-refractivity contribution is 6.30. The molecule has 1 nitrogen and oxygen atoms in total. The molecule has 2 aromatic carbocycles. The second-order valence-corrected chi connectivity index (χ2v) is 4.71. The van der Waals surface area contributed by atoms with Gasteiger partial charge in [0.1, 0.15) is 5.82 Å². The van der Waals surface area contributed by atoms with Gasteiger partial charge in [0.2, 0.25) is 0 Å². The third-order valence-corrected chi connectivity index (χ3v) is 3.10. The Morgan fingerprint density at radius 2 is 1.65 bits per heavy atom. The molecule has 1 unspecified atom stereocenters. The van der Waals surface area contributed by atoms with Crippen molar-refractivity contribution in [3.05, 3.63) is 70.0 Å². The quantitative estimate of drug-likeness (QED) is 0.810. The predicted molar refractivity (Wildman–Crippen MR) is 68.9 cm³/mol. The lowest BCUT2D eigenvalue weighted by molar-refractivity contribution is -0.140. The molecule has 106 valence electrons. The summed E-state index contributed by atoms with van der Waals surface area (Å²) in [4.78, 5) is 0. The Kier molecular flexibility index (Phi) is 4.01. The monoisotopic (exact) mass is 303 g/mol. The van der Waals surface area contributed by atoms with Gasteiger partial charge in [-0.05, 0) is 35.4 Å². The van der Waals surface area contributed by atoms with E-state index in [4.69, 9.17) is 17.3 Å². The minimum absolute atomic E-state index is 0.168. The van der Waals surface area contributed by atoms with Gasteiger partial charge in [-0.3, -0.25) is 0 Å². The number of halogens is 5. The van der Waals surface area contributed by atoms with Crippen molar-refractivity contribution in [2.45, 2.75) is 12.2 Å². The van der Waals surface area contributed by atoms with E-state index in [1.807, 2.05) is 0 Å². The fourth-order valence-electron chi connectivity index (χ4n) is 1.85. The van der Waals surface area contributed by atoms with Crippen LogP contribution in [0.5, 0.6) is 0 Å². The summed E-state index contributed by atoms with van der Waals surface area (Å²) in [6.07, 6.45) is -4.76. The molecule has 20 heavy (non-hydrogen) atoms. The van der Waals surface area contributed by atoms with Crippen LogP contribution in [0.4, 0.5) is 17.6 Å². The van der Waals surface area contributed by atoms with Crippen molar-refractivity contribution in [1.82, 2.24) is 0 Å². The summed E-state index contributed by atoms with van der Waals surface area (Å²) in [7, 11) is 0. The van der Waals surface area contributed by atoms with E-state index >= 15 is 0 Å². The van der Waals surface area contributed by atoms with Crippen molar-refractivity contribution in [2.75, 3.05) is 0 Å². The maximum atomic E-state index is 13.2. The molecule has 2 aromatic rings. The average molecular weight is 304 g/mol. The summed E-state index contributed by atoms with van der Waals surface area (Å²) in [5.74, 6) is -1.32. The van der Waals surface area contributed by atoms with Crippen LogP contribution in [0.25, 0.3) is 0 Å². The smallest absolute Gasteiger partial charge is 0.320 e. The van der Waals surface area contributed by atoms with Crippen LogP contribution in [0.3, 0.4) is 0 Å². The van der Waals surface area contributed by atoms with Gasteiger partial charge in [0, 0.05) is 5.02 Å². The molecule has 2 N–H and O–H groups in total.